The molecule has 0 saturated carbocycles. The molecule has 5 unspecified atom stereocenters. The molecule has 42 heteroatoms. The van der Waals surface area contributed by atoms with Crippen LogP contribution in [0.3, 0.4) is 0 Å². The van der Waals surface area contributed by atoms with Crippen molar-refractivity contribution in [3.05, 3.63) is 37.6 Å². The smallest absolute Gasteiger partial charge is 0.409 e. The molecule has 0 spiro atoms. The molecule has 0 fully saturated rings. The summed E-state index contributed by atoms with van der Waals surface area (Å²) >= 11 is 0. The molecule has 0 aromatic rings. The van der Waals surface area contributed by atoms with Crippen LogP contribution in [0.4, 0.5) is 4.48 Å². The number of rotatable bonds is 42. The topological polar surface area (TPSA) is 440 Å². The normalized spacial score (nSPS) is 16.9. The molecule has 0 rings (SSSR count). The minimum atomic E-state index is -4.89. The van der Waals surface area contributed by atoms with Crippen LogP contribution in [-0.4, -0.2) is 95.9 Å². The average Bonchev–Trinajstić information content (AvgIpc) is 3.15. The maximum absolute atomic E-state index is 12.3. The van der Waals surface area contributed by atoms with Crippen molar-refractivity contribution in [1.82, 2.24) is 5.54 Å². The van der Waals surface area contributed by atoms with Crippen LogP contribution in [-0.2, 0) is 138 Å². The van der Waals surface area contributed by atoms with Crippen molar-refractivity contribution < 1.29 is 172 Å². The molecule has 350 valence electrons. The van der Waals surface area contributed by atoms with Crippen LogP contribution in [0.15, 0.2) is 37.6 Å². The predicted octanol–water partition coefficient (Wildman–Crippen LogP) is 0.993. The molecule has 0 aromatic heterocycles. The highest BCUT2D eigenvalue weighted by molar-refractivity contribution is 7.48. The first kappa shape index (κ1) is 57.1. The maximum atomic E-state index is 12.3. The van der Waals surface area contributed by atoms with Crippen molar-refractivity contribution in [2.45, 2.75) is 0 Å². The summed E-state index contributed by atoms with van der Waals surface area (Å²) in [4.78, 5) is 79.9. The van der Waals surface area contributed by atoms with Gasteiger partial charge < -0.3 is 42.9 Å². The van der Waals surface area contributed by atoms with Crippen molar-refractivity contribution in [2.75, 3.05) is 66.5 Å². The van der Waals surface area contributed by atoms with Gasteiger partial charge in [0.2, 0.25) is 0 Å². The van der Waals surface area contributed by atoms with Gasteiger partial charge in [0.1, 0.15) is 38.6 Å². The molecule has 5 atom stereocenters. The van der Waals surface area contributed by atoms with E-state index in [-0.39, 0.29) is 0 Å². The zero-order chi connectivity index (χ0) is 44.4. The Kier molecular flexibility index (Phi) is 32.6. The van der Waals surface area contributed by atoms with E-state index in [4.69, 9.17) is 14.7 Å². The van der Waals surface area contributed by atoms with Gasteiger partial charge in [0.25, 0.3) is 0 Å². The molecular formula is C17H35FNO35P5. The van der Waals surface area contributed by atoms with Gasteiger partial charge in [0.15, 0.2) is 18.8 Å². The van der Waals surface area contributed by atoms with E-state index in [0.29, 0.717) is 37.6 Å². The molecule has 36 nitrogen and oxygen atoms in total. The molecule has 7 N–H and O–H groups in total. The molecule has 0 bridgehead atoms. The number of nitrogens with one attached hydrogen (secondary N) is 1. The number of phosphoric acid groups is 5. The van der Waals surface area contributed by atoms with E-state index < -0.39 is 104 Å². The molecule has 0 aliphatic heterocycles. The third-order valence-electron chi connectivity index (χ3n) is 4.16. The van der Waals surface area contributed by atoms with Crippen LogP contribution in [0.1, 0.15) is 0 Å². The van der Waals surface area contributed by atoms with E-state index >= 15 is 0 Å². The van der Waals surface area contributed by atoms with Gasteiger partial charge in [-0.25, -0.2) is 37.5 Å². The lowest BCUT2D eigenvalue weighted by Crippen LogP contribution is -2.25. The third-order valence-corrected chi connectivity index (χ3v) is 8.27. The second kappa shape index (κ2) is 33.7. The highest BCUT2D eigenvalue weighted by Crippen LogP contribution is 2.45. The second-order valence-electron chi connectivity index (χ2n) is 8.34. The Morgan fingerprint density at radius 2 is 0.847 bits per heavy atom. The lowest BCUT2D eigenvalue weighted by atomic mass is 10.2. The van der Waals surface area contributed by atoms with E-state index in [1.807, 2.05) is 0 Å². The summed E-state index contributed by atoms with van der Waals surface area (Å²) in [6, 6.07) is 0. The molecule has 59 heavy (non-hydrogen) atoms. The standard InChI is InChI=1S/C17H35FNO35P5/c1-31-56(23,24)38-8-2-32-46-52-47-33-3-9-39-57(25,26)40-10-4-34-48-53-49-35-5-11-41-58(27,28)42-12-6-36-50-54-51-37-7-13-43-59(29,30)45-16-17(14-19-18)15-44-55(20,21)22/h2,4,6,8,10,12,17,19H,3,5,7,9,11,13-16H2,1H3,(H,23,24)(H,25,26)(H,27,28)(H,29,30)(H2,20,21,22)/b8-2+,10-4-,12-6-. The Hall–Kier alpha value is -1.90. The summed E-state index contributed by atoms with van der Waals surface area (Å²) in [5.74, 6) is -1.10. The molecule has 0 heterocycles. The molecule has 0 aliphatic rings. The largest absolute Gasteiger partial charge is 0.527 e. The minimum Gasteiger partial charge on any atom is -0.409 e. The fraction of sp³-hybridized carbons (Fsp3) is 0.647. The first-order valence-electron chi connectivity index (χ1n) is 14.2. The fourth-order valence-electron chi connectivity index (χ4n) is 2.06. The van der Waals surface area contributed by atoms with Crippen molar-refractivity contribution in [2.24, 2.45) is 5.92 Å². The summed E-state index contributed by atoms with van der Waals surface area (Å²) in [7, 11) is -22.4. The molecule has 0 aliphatic carbocycles. The minimum absolute atomic E-state index is 0.454. The molecule has 0 aromatic carbocycles. The molecule has 0 radical (unpaired) electrons. The van der Waals surface area contributed by atoms with Crippen LogP contribution >= 0.6 is 39.1 Å². The van der Waals surface area contributed by atoms with Crippen molar-refractivity contribution >= 4 is 39.1 Å². The Morgan fingerprint density at radius 1 is 0.475 bits per heavy atom. The third kappa shape index (κ3) is 40.0. The monoisotopic (exact) mass is 987 g/mol. The van der Waals surface area contributed by atoms with Crippen LogP contribution in [0.5, 0.6) is 0 Å². The van der Waals surface area contributed by atoms with E-state index in [1.54, 1.807) is 0 Å². The van der Waals surface area contributed by atoms with Crippen LogP contribution < -0.4 is 5.54 Å². The van der Waals surface area contributed by atoms with Crippen molar-refractivity contribution in [3.63, 3.8) is 0 Å². The number of hydrogen-bond acceptors (Lipinski definition) is 30. The van der Waals surface area contributed by atoms with Gasteiger partial charge in [-0.15, -0.1) is 4.48 Å². The first-order valence-corrected chi connectivity index (χ1v) is 21.7. The van der Waals surface area contributed by atoms with E-state index in [1.165, 1.54) is 5.54 Å². The van der Waals surface area contributed by atoms with Crippen LogP contribution in [0, 0.1) is 5.92 Å². The Bertz CT molecular complexity index is 1400. The highest BCUT2D eigenvalue weighted by Gasteiger charge is 2.26. The van der Waals surface area contributed by atoms with Gasteiger partial charge in [-0.1, -0.05) is 0 Å². The average molecular weight is 987 g/mol. The molecule has 0 amide bonds. The highest BCUT2D eigenvalue weighted by atomic mass is 31.2. The summed E-state index contributed by atoms with van der Waals surface area (Å²) in [5.41, 5.74) is 1.18. The fourth-order valence-corrected chi connectivity index (χ4v) is 4.68. The Balaban J connectivity index is 3.77. The van der Waals surface area contributed by atoms with E-state index in [9.17, 15) is 42.0 Å². The number of phosphoric ester groups is 5. The first-order chi connectivity index (χ1) is 27.8. The summed E-state index contributed by atoms with van der Waals surface area (Å²) in [6.45, 7) is -5.54. The van der Waals surface area contributed by atoms with Crippen molar-refractivity contribution in [1.29, 1.82) is 0 Å². The zero-order valence-corrected chi connectivity index (χ0v) is 33.5. The number of hydrogen-bond donors (Lipinski definition) is 7. The quantitative estimate of drug-likeness (QED) is 0.0112. The lowest BCUT2D eigenvalue weighted by Gasteiger charge is -2.18. The van der Waals surface area contributed by atoms with Gasteiger partial charge in [-0.05, 0) is 15.1 Å². The summed E-state index contributed by atoms with van der Waals surface area (Å²) in [5, 5.41) is 35.2. The van der Waals surface area contributed by atoms with Crippen LogP contribution in [0.25, 0.3) is 0 Å². The molecule has 0 saturated heterocycles. The molecular weight excluding hydrogens is 952 g/mol. The number of halogens is 1. The SMILES string of the molecule is COP(=O)(O)O/C=C/OOOOOCCOP(=O)(O)O/C=C\OOOOOCCOP(=O)(O)O/C=C\OOOOOCCOP(=O)(O)OCC(CNF)COP(=O)(O)O. The second-order valence-corrected chi connectivity index (χ2v) is 15.4. The Labute approximate surface area is 327 Å². The van der Waals surface area contributed by atoms with Gasteiger partial charge in [-0.2, -0.15) is 5.54 Å². The van der Waals surface area contributed by atoms with Gasteiger partial charge in [0, 0.05) is 49.8 Å². The van der Waals surface area contributed by atoms with Gasteiger partial charge in [0.05, 0.1) is 33.0 Å². The van der Waals surface area contributed by atoms with Gasteiger partial charge in [-0.3, -0.25) is 41.8 Å². The predicted molar refractivity (Wildman–Crippen MR) is 162 cm³/mol. The lowest BCUT2D eigenvalue weighted by molar-refractivity contribution is -0.700. The Morgan fingerprint density at radius 3 is 1.22 bits per heavy atom. The summed E-state index contributed by atoms with van der Waals surface area (Å²) < 4.78 is 108. The summed E-state index contributed by atoms with van der Waals surface area (Å²) in [6.07, 6.45) is 3.11. The van der Waals surface area contributed by atoms with E-state index in [2.05, 4.69) is 115 Å². The zero-order valence-electron chi connectivity index (χ0n) is 29.0. The van der Waals surface area contributed by atoms with Gasteiger partial charge >= 0.3 is 39.1 Å². The van der Waals surface area contributed by atoms with Crippen molar-refractivity contribution in [3.8, 4) is 0 Å². The maximum Gasteiger partial charge on any atom is 0.527 e. The van der Waals surface area contributed by atoms with E-state index in [0.717, 1.165) is 7.11 Å². The van der Waals surface area contributed by atoms with Crippen LogP contribution in [0.2, 0.25) is 0 Å².